The Kier molecular flexibility index (Phi) is 4.94. The molecule has 10 nitrogen and oxygen atoms in total. The van der Waals surface area contributed by atoms with E-state index in [1.165, 1.54) is 6.92 Å². The Morgan fingerprint density at radius 3 is 2.70 bits per heavy atom. The van der Waals surface area contributed by atoms with Crippen LogP contribution < -0.4 is 5.32 Å². The lowest BCUT2D eigenvalue weighted by molar-refractivity contribution is -0.385. The van der Waals surface area contributed by atoms with Gasteiger partial charge in [0, 0.05) is 12.1 Å². The highest BCUT2D eigenvalue weighted by molar-refractivity contribution is 5.96. The Morgan fingerprint density at radius 1 is 1.52 bits per heavy atom. The van der Waals surface area contributed by atoms with Crippen LogP contribution >= 0.6 is 0 Å². The number of carboxylic acids is 1. The molecule has 23 heavy (non-hydrogen) atoms. The predicted octanol–water partition coefficient (Wildman–Crippen LogP) is 0.294. The van der Waals surface area contributed by atoms with Gasteiger partial charge in [-0.25, -0.2) is 0 Å². The van der Waals surface area contributed by atoms with Gasteiger partial charge in [-0.1, -0.05) is 6.92 Å². The lowest BCUT2D eigenvalue weighted by atomic mass is 9.85. The average Bonchev–Trinajstić information content (AvgIpc) is 2.81. The molecule has 1 aromatic rings. The first kappa shape index (κ1) is 16.9. The quantitative estimate of drug-likeness (QED) is 0.483. The monoisotopic (exact) mass is 325 g/mol. The first-order valence-electron chi connectivity index (χ1n) is 7.29. The fraction of sp³-hybridized carbons (Fsp3) is 0.615. The van der Waals surface area contributed by atoms with Crippen LogP contribution in [0.1, 0.15) is 35.9 Å². The summed E-state index contributed by atoms with van der Waals surface area (Å²) >= 11 is 0. The van der Waals surface area contributed by atoms with Crippen molar-refractivity contribution in [2.45, 2.75) is 38.8 Å². The van der Waals surface area contributed by atoms with Gasteiger partial charge >= 0.3 is 11.7 Å². The minimum atomic E-state index is -0.887. The smallest absolute Gasteiger partial charge is 0.322 e. The maximum absolute atomic E-state index is 12.1. The van der Waals surface area contributed by atoms with Crippen LogP contribution in [0.2, 0.25) is 0 Å². The van der Waals surface area contributed by atoms with Gasteiger partial charge in [0.1, 0.15) is 5.69 Å². The van der Waals surface area contributed by atoms with Crippen molar-refractivity contribution in [2.24, 2.45) is 0 Å². The van der Waals surface area contributed by atoms with Crippen LogP contribution in [0.4, 0.5) is 5.69 Å². The van der Waals surface area contributed by atoms with Gasteiger partial charge < -0.3 is 10.4 Å². The Hall–Kier alpha value is -2.49. The molecule has 2 rings (SSSR count). The maximum Gasteiger partial charge on any atom is 0.322 e. The van der Waals surface area contributed by atoms with Crippen LogP contribution in [-0.4, -0.2) is 62.2 Å². The van der Waals surface area contributed by atoms with Crippen molar-refractivity contribution in [3.63, 3.8) is 0 Å². The van der Waals surface area contributed by atoms with E-state index < -0.39 is 16.8 Å². The molecular formula is C13H19N5O5. The average molecular weight is 325 g/mol. The highest BCUT2D eigenvalue weighted by atomic mass is 16.6. The molecule has 0 unspecified atom stereocenters. The van der Waals surface area contributed by atoms with E-state index in [0.717, 1.165) is 0 Å². The van der Waals surface area contributed by atoms with Crippen LogP contribution in [0.5, 0.6) is 0 Å². The zero-order valence-corrected chi connectivity index (χ0v) is 12.9. The molecule has 1 amide bonds. The van der Waals surface area contributed by atoms with E-state index in [2.05, 4.69) is 15.5 Å². The van der Waals surface area contributed by atoms with E-state index in [0.29, 0.717) is 19.4 Å². The van der Waals surface area contributed by atoms with Crippen molar-refractivity contribution in [3.05, 3.63) is 21.5 Å². The predicted molar refractivity (Wildman–Crippen MR) is 79.1 cm³/mol. The molecule has 0 radical (unpaired) electrons. The summed E-state index contributed by atoms with van der Waals surface area (Å²) in [6.45, 7) is 3.94. The van der Waals surface area contributed by atoms with Crippen molar-refractivity contribution in [3.8, 4) is 0 Å². The number of carboxylic acid groups (broad SMARTS) is 1. The van der Waals surface area contributed by atoms with Crippen LogP contribution in [0.15, 0.2) is 0 Å². The molecule has 0 saturated heterocycles. The second kappa shape index (κ2) is 6.73. The molecule has 1 fully saturated rings. The number of likely N-dealkylation sites (N-methyl/N-ethyl adjacent to an activating group) is 1. The molecule has 126 valence electrons. The van der Waals surface area contributed by atoms with Crippen molar-refractivity contribution < 1.29 is 19.6 Å². The third-order valence-corrected chi connectivity index (χ3v) is 4.02. The number of aromatic nitrogens is 2. The summed E-state index contributed by atoms with van der Waals surface area (Å²) < 4.78 is 0. The molecular weight excluding hydrogens is 306 g/mol. The molecule has 0 aromatic carbocycles. The van der Waals surface area contributed by atoms with E-state index in [1.54, 1.807) is 0 Å². The lowest BCUT2D eigenvalue weighted by Crippen LogP contribution is -2.54. The van der Waals surface area contributed by atoms with Gasteiger partial charge in [0.15, 0.2) is 0 Å². The van der Waals surface area contributed by atoms with E-state index in [9.17, 15) is 19.7 Å². The number of aromatic amines is 1. The number of nitrogens with zero attached hydrogens (tertiary/aromatic N) is 3. The number of carbonyl (C=O) groups excluding carboxylic acids is 1. The Balaban J connectivity index is 1.92. The Labute approximate surface area is 132 Å². The highest BCUT2D eigenvalue weighted by Crippen LogP contribution is 2.27. The first-order valence-corrected chi connectivity index (χ1v) is 7.29. The van der Waals surface area contributed by atoms with Gasteiger partial charge in [0.2, 0.25) is 5.69 Å². The number of amides is 1. The van der Waals surface area contributed by atoms with E-state index >= 15 is 0 Å². The summed E-state index contributed by atoms with van der Waals surface area (Å²) in [5.41, 5.74) is -0.321. The summed E-state index contributed by atoms with van der Waals surface area (Å²) in [7, 11) is 0. The molecule has 10 heteroatoms. The SMILES string of the molecule is CCN(CC(=O)O)C1CC(NC(=O)c2n[nH]c(C)c2[N+](=O)[O-])C1. The van der Waals surface area contributed by atoms with Gasteiger partial charge in [-0.3, -0.25) is 29.7 Å². The van der Waals surface area contributed by atoms with Crippen LogP contribution in [0.3, 0.4) is 0 Å². The number of aryl methyl sites for hydroxylation is 1. The molecule has 0 aliphatic heterocycles. The van der Waals surface area contributed by atoms with Crippen LogP contribution in [0.25, 0.3) is 0 Å². The number of carbonyl (C=O) groups is 2. The van der Waals surface area contributed by atoms with Gasteiger partial charge in [-0.05, 0) is 26.3 Å². The molecule has 1 aliphatic carbocycles. The molecule has 1 saturated carbocycles. The summed E-state index contributed by atoms with van der Waals surface area (Å²) in [6, 6.07) is -0.0377. The molecule has 0 atom stereocenters. The van der Waals surface area contributed by atoms with Crippen molar-refractivity contribution in [2.75, 3.05) is 13.1 Å². The molecule has 3 N–H and O–H groups in total. The zero-order chi connectivity index (χ0) is 17.1. The Bertz CT molecular complexity index is 622. The molecule has 0 spiro atoms. The van der Waals surface area contributed by atoms with Gasteiger partial charge in [0.25, 0.3) is 5.91 Å². The first-order chi connectivity index (χ1) is 10.8. The second-order valence-corrected chi connectivity index (χ2v) is 5.56. The molecule has 1 aliphatic rings. The minimum Gasteiger partial charge on any atom is -0.480 e. The Morgan fingerprint density at radius 2 is 2.17 bits per heavy atom. The fourth-order valence-corrected chi connectivity index (χ4v) is 2.74. The number of hydrogen-bond donors (Lipinski definition) is 3. The number of nitro groups is 1. The lowest BCUT2D eigenvalue weighted by Gasteiger charge is -2.42. The number of aliphatic carboxylic acids is 1. The highest BCUT2D eigenvalue weighted by Gasteiger charge is 2.36. The topological polar surface area (TPSA) is 141 Å². The minimum absolute atomic E-state index is 0.0358. The normalized spacial score (nSPS) is 20.1. The summed E-state index contributed by atoms with van der Waals surface area (Å²) in [5, 5.41) is 28.6. The zero-order valence-electron chi connectivity index (χ0n) is 12.9. The number of rotatable bonds is 7. The maximum atomic E-state index is 12.1. The summed E-state index contributed by atoms with van der Waals surface area (Å²) in [5.74, 6) is -1.48. The number of nitrogens with one attached hydrogen (secondary N) is 2. The third-order valence-electron chi connectivity index (χ3n) is 4.02. The van der Waals surface area contributed by atoms with Gasteiger partial charge in [-0.2, -0.15) is 5.10 Å². The molecule has 1 aromatic heterocycles. The summed E-state index contributed by atoms with van der Waals surface area (Å²) in [6.07, 6.45) is 1.23. The van der Waals surface area contributed by atoms with Crippen LogP contribution in [-0.2, 0) is 4.79 Å². The van der Waals surface area contributed by atoms with Crippen molar-refractivity contribution in [1.82, 2.24) is 20.4 Å². The van der Waals surface area contributed by atoms with Crippen molar-refractivity contribution in [1.29, 1.82) is 0 Å². The fourth-order valence-electron chi connectivity index (χ4n) is 2.74. The second-order valence-electron chi connectivity index (χ2n) is 5.56. The number of hydrogen-bond acceptors (Lipinski definition) is 6. The molecule has 0 bridgehead atoms. The summed E-state index contributed by atoms with van der Waals surface area (Å²) in [4.78, 5) is 35.0. The number of H-pyrrole nitrogens is 1. The standard InChI is InChI=1S/C13H19N5O5/c1-3-17(6-10(19)20)9-4-8(5-9)14-13(21)11-12(18(22)23)7(2)15-16-11/h8-9H,3-6H2,1-2H3,(H,14,21)(H,15,16)(H,19,20). The van der Waals surface area contributed by atoms with Gasteiger partial charge in [0.05, 0.1) is 11.5 Å². The molecule has 1 heterocycles. The van der Waals surface area contributed by atoms with Crippen LogP contribution in [0, 0.1) is 17.0 Å². The van der Waals surface area contributed by atoms with E-state index in [4.69, 9.17) is 5.11 Å². The van der Waals surface area contributed by atoms with Gasteiger partial charge in [-0.15, -0.1) is 0 Å². The van der Waals surface area contributed by atoms with E-state index in [1.807, 2.05) is 11.8 Å². The third kappa shape index (κ3) is 3.65. The largest absolute Gasteiger partial charge is 0.480 e. The van der Waals surface area contributed by atoms with Crippen molar-refractivity contribution >= 4 is 17.6 Å². The van der Waals surface area contributed by atoms with E-state index in [-0.39, 0.29) is 35.7 Å².